The minimum Gasteiger partial charge on any atom is -0.466 e. The number of ether oxygens (including phenoxy) is 1. The first kappa shape index (κ1) is 13.9. The summed E-state index contributed by atoms with van der Waals surface area (Å²) in [7, 11) is 0. The number of aliphatic hydroxyl groups is 1. The molecule has 1 N–H and O–H groups in total. The number of rotatable bonds is 3. The Morgan fingerprint density at radius 2 is 1.83 bits per heavy atom. The second-order valence-electron chi connectivity index (χ2n) is 5.88. The van der Waals surface area contributed by atoms with Crippen LogP contribution in [0.5, 0.6) is 0 Å². The van der Waals surface area contributed by atoms with E-state index in [1.54, 1.807) is 0 Å². The van der Waals surface area contributed by atoms with Gasteiger partial charge in [0.15, 0.2) is 0 Å². The third-order valence-corrected chi connectivity index (χ3v) is 4.81. The number of hydrogen-bond donors (Lipinski definition) is 1. The van der Waals surface area contributed by atoms with Gasteiger partial charge in [0.05, 0.1) is 18.1 Å². The molecule has 0 amide bonds. The molecule has 0 aromatic heterocycles. The van der Waals surface area contributed by atoms with Crippen molar-refractivity contribution in [2.24, 2.45) is 11.8 Å². The van der Waals surface area contributed by atoms with E-state index in [0.29, 0.717) is 12.5 Å². The molecule has 2 aliphatic rings. The van der Waals surface area contributed by atoms with Crippen LogP contribution in [0, 0.1) is 11.8 Å². The average molecular weight is 254 g/mol. The van der Waals surface area contributed by atoms with E-state index in [0.717, 1.165) is 38.5 Å². The zero-order valence-corrected chi connectivity index (χ0v) is 11.5. The summed E-state index contributed by atoms with van der Waals surface area (Å²) in [5.74, 6) is -0.152. The molecule has 0 radical (unpaired) electrons. The van der Waals surface area contributed by atoms with Crippen molar-refractivity contribution in [1.82, 2.24) is 0 Å². The summed E-state index contributed by atoms with van der Waals surface area (Å²) in [6, 6.07) is 0. The van der Waals surface area contributed by atoms with Crippen molar-refractivity contribution in [3.63, 3.8) is 0 Å². The second-order valence-corrected chi connectivity index (χ2v) is 5.88. The van der Waals surface area contributed by atoms with Crippen LogP contribution in [-0.2, 0) is 9.53 Å². The Morgan fingerprint density at radius 1 is 1.17 bits per heavy atom. The Morgan fingerprint density at radius 3 is 2.50 bits per heavy atom. The van der Waals surface area contributed by atoms with Crippen LogP contribution in [0.4, 0.5) is 0 Å². The van der Waals surface area contributed by atoms with Gasteiger partial charge in [-0.1, -0.05) is 32.1 Å². The Balaban J connectivity index is 2.11. The van der Waals surface area contributed by atoms with Crippen molar-refractivity contribution in [2.75, 3.05) is 6.61 Å². The molecule has 3 nitrogen and oxygen atoms in total. The molecule has 0 aromatic carbocycles. The summed E-state index contributed by atoms with van der Waals surface area (Å²) in [5, 5.41) is 11.1. The minimum atomic E-state index is -0.787. The molecule has 0 unspecified atom stereocenters. The van der Waals surface area contributed by atoms with Gasteiger partial charge in [-0.25, -0.2) is 0 Å². The third kappa shape index (κ3) is 2.71. The maximum Gasteiger partial charge on any atom is 0.311 e. The van der Waals surface area contributed by atoms with E-state index >= 15 is 0 Å². The van der Waals surface area contributed by atoms with Gasteiger partial charge < -0.3 is 9.84 Å². The topological polar surface area (TPSA) is 46.5 Å². The summed E-state index contributed by atoms with van der Waals surface area (Å²) in [5.41, 5.74) is -0.787. The van der Waals surface area contributed by atoms with Gasteiger partial charge in [0.1, 0.15) is 0 Å². The van der Waals surface area contributed by atoms with Gasteiger partial charge >= 0.3 is 5.97 Å². The van der Waals surface area contributed by atoms with E-state index in [1.807, 2.05) is 6.92 Å². The van der Waals surface area contributed by atoms with Crippen molar-refractivity contribution in [2.45, 2.75) is 70.3 Å². The molecule has 104 valence electrons. The van der Waals surface area contributed by atoms with Crippen molar-refractivity contribution in [3.05, 3.63) is 0 Å². The van der Waals surface area contributed by atoms with Crippen LogP contribution in [0.3, 0.4) is 0 Å². The highest BCUT2D eigenvalue weighted by Crippen LogP contribution is 2.45. The van der Waals surface area contributed by atoms with Crippen LogP contribution in [0.2, 0.25) is 0 Å². The zero-order valence-electron chi connectivity index (χ0n) is 11.5. The smallest absolute Gasteiger partial charge is 0.311 e. The zero-order chi connectivity index (χ0) is 13.0. The van der Waals surface area contributed by atoms with Crippen LogP contribution >= 0.6 is 0 Å². The monoisotopic (exact) mass is 254 g/mol. The maximum atomic E-state index is 12.1. The van der Waals surface area contributed by atoms with Gasteiger partial charge in [-0.3, -0.25) is 4.79 Å². The van der Waals surface area contributed by atoms with E-state index in [4.69, 9.17) is 4.74 Å². The summed E-state index contributed by atoms with van der Waals surface area (Å²) >= 11 is 0. The second kappa shape index (κ2) is 6.05. The molecule has 0 heterocycles. The summed E-state index contributed by atoms with van der Waals surface area (Å²) in [6.45, 7) is 2.25. The maximum absolute atomic E-state index is 12.1. The van der Waals surface area contributed by atoms with E-state index in [9.17, 15) is 9.90 Å². The molecule has 0 saturated heterocycles. The van der Waals surface area contributed by atoms with Crippen LogP contribution < -0.4 is 0 Å². The lowest BCUT2D eigenvalue weighted by molar-refractivity contribution is -0.170. The summed E-state index contributed by atoms with van der Waals surface area (Å²) in [6.07, 6.45) is 9.48. The van der Waals surface area contributed by atoms with Crippen LogP contribution in [-0.4, -0.2) is 23.3 Å². The molecule has 3 heteroatoms. The third-order valence-electron chi connectivity index (χ3n) is 4.81. The Bertz CT molecular complexity index is 283. The quantitative estimate of drug-likeness (QED) is 0.787. The van der Waals surface area contributed by atoms with Crippen molar-refractivity contribution < 1.29 is 14.6 Å². The van der Waals surface area contributed by atoms with Gasteiger partial charge in [-0.2, -0.15) is 0 Å². The lowest BCUT2D eigenvalue weighted by atomic mass is 9.64. The van der Waals surface area contributed by atoms with Crippen molar-refractivity contribution in [1.29, 1.82) is 0 Å². The Hall–Kier alpha value is -0.570. The molecule has 2 rings (SSSR count). The summed E-state index contributed by atoms with van der Waals surface area (Å²) in [4.78, 5) is 12.1. The first-order chi connectivity index (χ1) is 8.68. The van der Waals surface area contributed by atoms with E-state index in [-0.39, 0.29) is 11.9 Å². The first-order valence-electron chi connectivity index (χ1n) is 7.57. The number of carbonyl (C=O) groups excluding carboxylic acids is 1. The van der Waals surface area contributed by atoms with Crippen molar-refractivity contribution in [3.8, 4) is 0 Å². The van der Waals surface area contributed by atoms with E-state index in [2.05, 4.69) is 0 Å². The fourth-order valence-corrected chi connectivity index (χ4v) is 3.84. The average Bonchev–Trinajstić information content (AvgIpc) is 2.40. The normalized spacial score (nSPS) is 34.2. The molecule has 0 spiro atoms. The number of hydrogen-bond acceptors (Lipinski definition) is 3. The largest absolute Gasteiger partial charge is 0.466 e. The van der Waals surface area contributed by atoms with Crippen LogP contribution in [0.1, 0.15) is 64.7 Å². The molecule has 0 aliphatic heterocycles. The highest BCUT2D eigenvalue weighted by atomic mass is 16.5. The van der Waals surface area contributed by atoms with Gasteiger partial charge in [0.25, 0.3) is 0 Å². The van der Waals surface area contributed by atoms with Gasteiger partial charge in [-0.05, 0) is 38.5 Å². The molecule has 2 atom stereocenters. The van der Waals surface area contributed by atoms with Crippen molar-refractivity contribution >= 4 is 5.97 Å². The lowest BCUT2D eigenvalue weighted by Crippen LogP contribution is -2.51. The first-order valence-corrected chi connectivity index (χ1v) is 7.57. The van der Waals surface area contributed by atoms with Gasteiger partial charge in [0, 0.05) is 0 Å². The molecule has 18 heavy (non-hydrogen) atoms. The van der Waals surface area contributed by atoms with E-state index < -0.39 is 5.60 Å². The summed E-state index contributed by atoms with van der Waals surface area (Å²) < 4.78 is 5.17. The molecule has 2 saturated carbocycles. The van der Waals surface area contributed by atoms with Crippen LogP contribution in [0.25, 0.3) is 0 Å². The molecule has 2 fully saturated rings. The number of esters is 1. The molecule has 2 aliphatic carbocycles. The van der Waals surface area contributed by atoms with Gasteiger partial charge in [-0.15, -0.1) is 0 Å². The molecular weight excluding hydrogens is 228 g/mol. The van der Waals surface area contributed by atoms with Crippen LogP contribution in [0.15, 0.2) is 0 Å². The predicted molar refractivity (Wildman–Crippen MR) is 70.1 cm³/mol. The minimum absolute atomic E-state index is 0.176. The van der Waals surface area contributed by atoms with E-state index in [1.165, 1.54) is 19.3 Å². The fourth-order valence-electron chi connectivity index (χ4n) is 3.84. The standard InChI is InChI=1S/C15H26O3/c1-2-18-14(16)13-10-6-7-11-15(13,17)12-8-4-3-5-9-12/h12-13,17H,2-11H2,1H3/t13-,15+/m0/s1. The fraction of sp³-hybridized carbons (Fsp3) is 0.933. The number of carbonyl (C=O) groups is 1. The molecular formula is C15H26O3. The lowest BCUT2D eigenvalue weighted by Gasteiger charge is -2.45. The highest BCUT2D eigenvalue weighted by Gasteiger charge is 2.49. The molecule has 0 aromatic rings. The molecule has 0 bridgehead atoms. The van der Waals surface area contributed by atoms with Gasteiger partial charge in [0.2, 0.25) is 0 Å². The SMILES string of the molecule is CCOC(=O)[C@@H]1CCCC[C@@]1(O)C1CCCCC1. The predicted octanol–water partition coefficient (Wildman–Crippen LogP) is 3.05. The Kier molecular flexibility index (Phi) is 4.66. The highest BCUT2D eigenvalue weighted by molar-refractivity contribution is 5.74. The Labute approximate surface area is 110 Å².